The van der Waals surface area contributed by atoms with E-state index in [0.29, 0.717) is 17.9 Å². The molecule has 0 spiro atoms. The summed E-state index contributed by atoms with van der Waals surface area (Å²) in [7, 11) is 0. The molecule has 1 amide bonds. The minimum Gasteiger partial charge on any atom is -0.397 e. The molecule has 0 saturated carbocycles. The van der Waals surface area contributed by atoms with Crippen LogP contribution in [-0.4, -0.2) is 5.91 Å². The summed E-state index contributed by atoms with van der Waals surface area (Å²) in [5, 5.41) is 6.82. The summed E-state index contributed by atoms with van der Waals surface area (Å²) in [4.78, 5) is 12.0. The molecule has 0 atom stereocenters. The monoisotopic (exact) mass is 377 g/mol. The van der Waals surface area contributed by atoms with Gasteiger partial charge in [0.1, 0.15) is 0 Å². The van der Waals surface area contributed by atoms with Gasteiger partial charge in [-0.3, -0.25) is 4.79 Å². The summed E-state index contributed by atoms with van der Waals surface area (Å²) < 4.78 is 0. The van der Waals surface area contributed by atoms with Crippen molar-refractivity contribution in [2.75, 3.05) is 16.4 Å². The zero-order chi connectivity index (χ0) is 19.1. The Kier molecular flexibility index (Phi) is 6.13. The highest BCUT2D eigenvalue weighted by Gasteiger charge is 2.01. The molecule has 3 aromatic carbocycles. The Labute approximate surface area is 163 Å². The third kappa shape index (κ3) is 5.62. The number of anilines is 3. The van der Waals surface area contributed by atoms with Gasteiger partial charge in [-0.25, -0.2) is 0 Å². The van der Waals surface area contributed by atoms with Crippen LogP contribution in [0.3, 0.4) is 0 Å². The number of nitrogen functional groups attached to an aromatic ring is 1. The summed E-state index contributed by atoms with van der Waals surface area (Å²) in [6.07, 6.45) is 3.26. The van der Waals surface area contributed by atoms with E-state index in [2.05, 4.69) is 10.6 Å². The largest absolute Gasteiger partial charge is 0.397 e. The Bertz CT molecular complexity index is 935. The number of carbonyl (C=O) groups is 1. The predicted octanol–water partition coefficient (Wildman–Crippen LogP) is 5.19. The average molecular weight is 378 g/mol. The van der Waals surface area contributed by atoms with Crippen LogP contribution in [-0.2, 0) is 11.3 Å². The number of hydrogen-bond acceptors (Lipinski definition) is 3. The number of para-hydroxylation sites is 2. The topological polar surface area (TPSA) is 67.1 Å². The molecule has 3 aromatic rings. The lowest BCUT2D eigenvalue weighted by molar-refractivity contribution is -0.111. The first kappa shape index (κ1) is 18.5. The third-order valence-corrected chi connectivity index (χ3v) is 4.22. The Morgan fingerprint density at radius 3 is 2.37 bits per heavy atom. The fourth-order valence-electron chi connectivity index (χ4n) is 2.48. The molecular formula is C22H20ClN3O. The molecule has 0 heterocycles. The predicted molar refractivity (Wildman–Crippen MR) is 114 cm³/mol. The average Bonchev–Trinajstić information content (AvgIpc) is 2.68. The molecule has 0 aliphatic carbocycles. The second-order valence-electron chi connectivity index (χ2n) is 6.01. The highest BCUT2D eigenvalue weighted by Crippen LogP contribution is 2.17. The van der Waals surface area contributed by atoms with Crippen LogP contribution in [0.15, 0.2) is 78.9 Å². The number of rotatable bonds is 6. The highest BCUT2D eigenvalue weighted by atomic mass is 35.5. The Morgan fingerprint density at radius 1 is 0.963 bits per heavy atom. The number of halogens is 1. The van der Waals surface area contributed by atoms with Crippen LogP contribution in [0.1, 0.15) is 11.1 Å². The van der Waals surface area contributed by atoms with Crippen LogP contribution >= 0.6 is 11.6 Å². The van der Waals surface area contributed by atoms with Gasteiger partial charge in [-0.1, -0.05) is 48.0 Å². The summed E-state index contributed by atoms with van der Waals surface area (Å²) in [6, 6.07) is 22.7. The summed E-state index contributed by atoms with van der Waals surface area (Å²) in [5.41, 5.74) is 10.1. The minimum atomic E-state index is -0.221. The maximum absolute atomic E-state index is 12.0. The van der Waals surface area contributed by atoms with E-state index in [-0.39, 0.29) is 5.91 Å². The van der Waals surface area contributed by atoms with Gasteiger partial charge in [0.15, 0.2) is 0 Å². The Morgan fingerprint density at radius 2 is 1.67 bits per heavy atom. The number of hydrogen-bond donors (Lipinski definition) is 3. The molecule has 27 heavy (non-hydrogen) atoms. The van der Waals surface area contributed by atoms with E-state index >= 15 is 0 Å². The molecule has 0 aliphatic heterocycles. The summed E-state index contributed by atoms with van der Waals surface area (Å²) in [5.74, 6) is -0.221. The molecule has 0 aliphatic rings. The molecule has 0 fully saturated rings. The zero-order valence-electron chi connectivity index (χ0n) is 14.7. The molecule has 136 valence electrons. The van der Waals surface area contributed by atoms with Gasteiger partial charge in [-0.15, -0.1) is 0 Å². The molecule has 0 radical (unpaired) electrons. The smallest absolute Gasteiger partial charge is 0.248 e. The Balaban J connectivity index is 1.53. The Hall–Kier alpha value is -3.24. The quantitative estimate of drug-likeness (QED) is 0.409. The second-order valence-corrected chi connectivity index (χ2v) is 6.45. The highest BCUT2D eigenvalue weighted by molar-refractivity contribution is 6.30. The fraction of sp³-hybridized carbons (Fsp3) is 0.0455. The molecule has 0 unspecified atom stereocenters. The van der Waals surface area contributed by atoms with Crippen molar-refractivity contribution in [1.82, 2.24) is 0 Å². The maximum Gasteiger partial charge on any atom is 0.248 e. The van der Waals surface area contributed by atoms with Crippen molar-refractivity contribution in [3.05, 3.63) is 95.0 Å². The van der Waals surface area contributed by atoms with Crippen LogP contribution in [0.2, 0.25) is 5.02 Å². The molecule has 4 nitrogen and oxygen atoms in total. The molecule has 0 saturated heterocycles. The SMILES string of the molecule is Nc1ccccc1NC(=O)/C=C\c1ccc(CNc2ccc(Cl)cc2)cc1. The van der Waals surface area contributed by atoms with Gasteiger partial charge >= 0.3 is 0 Å². The van der Waals surface area contributed by atoms with Crippen molar-refractivity contribution in [2.24, 2.45) is 0 Å². The molecule has 4 N–H and O–H groups in total. The lowest BCUT2D eigenvalue weighted by Gasteiger charge is -2.07. The normalized spacial score (nSPS) is 10.7. The minimum absolute atomic E-state index is 0.221. The first-order valence-electron chi connectivity index (χ1n) is 8.52. The van der Waals surface area contributed by atoms with Crippen LogP contribution in [0.25, 0.3) is 6.08 Å². The van der Waals surface area contributed by atoms with Gasteiger partial charge in [0.05, 0.1) is 11.4 Å². The van der Waals surface area contributed by atoms with Crippen LogP contribution in [0, 0.1) is 0 Å². The van der Waals surface area contributed by atoms with E-state index in [9.17, 15) is 4.79 Å². The van der Waals surface area contributed by atoms with E-state index in [1.165, 1.54) is 6.08 Å². The molecule has 0 bridgehead atoms. The van der Waals surface area contributed by atoms with E-state index < -0.39 is 0 Å². The molecular weight excluding hydrogens is 358 g/mol. The number of nitrogens with one attached hydrogen (secondary N) is 2. The molecule has 3 rings (SSSR count). The fourth-order valence-corrected chi connectivity index (χ4v) is 2.60. The molecule has 0 aromatic heterocycles. The standard InChI is InChI=1S/C22H20ClN3O/c23-18-10-12-19(13-11-18)25-15-17-7-5-16(6-8-17)9-14-22(27)26-21-4-2-1-3-20(21)24/h1-14,25H,15,24H2,(H,26,27)/b14-9-. The lowest BCUT2D eigenvalue weighted by Crippen LogP contribution is -2.09. The van der Waals surface area contributed by atoms with Crippen molar-refractivity contribution >= 4 is 40.6 Å². The van der Waals surface area contributed by atoms with Crippen LogP contribution < -0.4 is 16.4 Å². The van der Waals surface area contributed by atoms with Gasteiger partial charge in [-0.2, -0.15) is 0 Å². The van der Waals surface area contributed by atoms with E-state index in [1.807, 2.05) is 60.7 Å². The number of benzene rings is 3. The summed E-state index contributed by atoms with van der Waals surface area (Å²) in [6.45, 7) is 0.708. The van der Waals surface area contributed by atoms with Gasteiger partial charge in [-0.05, 0) is 53.6 Å². The summed E-state index contributed by atoms with van der Waals surface area (Å²) >= 11 is 5.88. The first-order chi connectivity index (χ1) is 13.1. The lowest BCUT2D eigenvalue weighted by atomic mass is 10.1. The second kappa shape index (κ2) is 8.92. The number of amides is 1. The van der Waals surface area contributed by atoms with Crippen molar-refractivity contribution in [3.8, 4) is 0 Å². The van der Waals surface area contributed by atoms with Crippen molar-refractivity contribution in [2.45, 2.75) is 6.54 Å². The van der Waals surface area contributed by atoms with Gasteiger partial charge < -0.3 is 16.4 Å². The van der Waals surface area contributed by atoms with Gasteiger partial charge in [0, 0.05) is 23.3 Å². The number of carbonyl (C=O) groups excluding carboxylic acids is 1. The zero-order valence-corrected chi connectivity index (χ0v) is 15.4. The van der Waals surface area contributed by atoms with Crippen LogP contribution in [0.4, 0.5) is 17.1 Å². The first-order valence-corrected chi connectivity index (χ1v) is 8.90. The third-order valence-electron chi connectivity index (χ3n) is 3.97. The van der Waals surface area contributed by atoms with E-state index in [0.717, 1.165) is 21.8 Å². The maximum atomic E-state index is 12.0. The van der Waals surface area contributed by atoms with Crippen molar-refractivity contribution in [3.63, 3.8) is 0 Å². The molecule has 5 heteroatoms. The number of nitrogens with two attached hydrogens (primary N) is 1. The van der Waals surface area contributed by atoms with Gasteiger partial charge in [0.25, 0.3) is 0 Å². The van der Waals surface area contributed by atoms with Crippen molar-refractivity contribution < 1.29 is 4.79 Å². The van der Waals surface area contributed by atoms with Gasteiger partial charge in [0.2, 0.25) is 5.91 Å². The van der Waals surface area contributed by atoms with E-state index in [4.69, 9.17) is 17.3 Å². The van der Waals surface area contributed by atoms with Crippen LogP contribution in [0.5, 0.6) is 0 Å². The van der Waals surface area contributed by atoms with E-state index in [1.54, 1.807) is 18.2 Å². The van der Waals surface area contributed by atoms with Crippen molar-refractivity contribution in [1.29, 1.82) is 0 Å².